The summed E-state index contributed by atoms with van der Waals surface area (Å²) < 4.78 is 5.57. The van der Waals surface area contributed by atoms with Gasteiger partial charge in [0.15, 0.2) is 5.76 Å². The average Bonchev–Trinajstić information content (AvgIpc) is 2.94. The van der Waals surface area contributed by atoms with Gasteiger partial charge in [-0.3, -0.25) is 4.79 Å². The molecule has 2 aromatic rings. The van der Waals surface area contributed by atoms with E-state index in [-0.39, 0.29) is 5.91 Å². The van der Waals surface area contributed by atoms with Gasteiger partial charge in [0.2, 0.25) is 11.8 Å². The summed E-state index contributed by atoms with van der Waals surface area (Å²) in [4.78, 5) is 17.6. The molecule has 0 bridgehead atoms. The van der Waals surface area contributed by atoms with Crippen molar-refractivity contribution in [2.45, 2.75) is 26.3 Å². The summed E-state index contributed by atoms with van der Waals surface area (Å²) in [6.45, 7) is 2.69. The molecular weight excluding hydrogens is 254 g/mol. The number of nitrogens with two attached hydrogens (primary N) is 1. The number of fused-ring (bicyclic) bond motifs is 1. The van der Waals surface area contributed by atoms with Crippen LogP contribution in [-0.4, -0.2) is 17.4 Å². The molecular formula is C15H17N3O2. The third-order valence-corrected chi connectivity index (χ3v) is 3.59. The minimum atomic E-state index is 0.0868. The minimum absolute atomic E-state index is 0.0868. The van der Waals surface area contributed by atoms with Crippen molar-refractivity contribution in [3.8, 4) is 11.3 Å². The molecule has 20 heavy (non-hydrogen) atoms. The third kappa shape index (κ3) is 2.20. The predicted octanol–water partition coefficient (Wildman–Crippen LogP) is 2.10. The lowest BCUT2D eigenvalue weighted by Crippen LogP contribution is -2.33. The molecule has 2 N–H and O–H groups in total. The molecule has 0 fully saturated rings. The van der Waals surface area contributed by atoms with Crippen molar-refractivity contribution in [1.82, 2.24) is 4.98 Å². The maximum Gasteiger partial charge on any atom is 0.223 e. The maximum atomic E-state index is 11.6. The van der Waals surface area contributed by atoms with E-state index in [1.165, 1.54) is 5.56 Å². The molecule has 5 nitrogen and oxygen atoms in total. The second kappa shape index (κ2) is 5.09. The van der Waals surface area contributed by atoms with E-state index in [0.29, 0.717) is 18.2 Å². The zero-order valence-electron chi connectivity index (χ0n) is 11.4. The van der Waals surface area contributed by atoms with Crippen LogP contribution in [0.2, 0.25) is 0 Å². The van der Waals surface area contributed by atoms with Gasteiger partial charge in [0, 0.05) is 24.7 Å². The van der Waals surface area contributed by atoms with Crippen molar-refractivity contribution < 1.29 is 9.21 Å². The van der Waals surface area contributed by atoms with Gasteiger partial charge in [-0.25, -0.2) is 4.98 Å². The van der Waals surface area contributed by atoms with Crippen LogP contribution in [0, 0.1) is 0 Å². The fraction of sp³-hybridized carbons (Fsp3) is 0.333. The lowest BCUT2D eigenvalue weighted by molar-refractivity contribution is -0.116. The topological polar surface area (TPSA) is 72.4 Å². The van der Waals surface area contributed by atoms with Crippen LogP contribution in [0.3, 0.4) is 0 Å². The molecule has 1 aliphatic heterocycles. The summed E-state index contributed by atoms with van der Waals surface area (Å²) in [5.41, 5.74) is 8.66. The monoisotopic (exact) mass is 271 g/mol. The number of aryl methyl sites for hydroxylation is 1. The molecule has 0 saturated heterocycles. The molecule has 0 aliphatic carbocycles. The quantitative estimate of drug-likeness (QED) is 0.907. The van der Waals surface area contributed by atoms with E-state index in [9.17, 15) is 4.79 Å². The minimum Gasteiger partial charge on any atom is -0.439 e. The van der Waals surface area contributed by atoms with Crippen LogP contribution in [0.5, 0.6) is 0 Å². The van der Waals surface area contributed by atoms with E-state index in [1.54, 1.807) is 13.1 Å². The second-order valence-electron chi connectivity index (χ2n) is 4.94. The number of amides is 1. The summed E-state index contributed by atoms with van der Waals surface area (Å²) in [6, 6.07) is 6.02. The first-order chi connectivity index (χ1) is 9.69. The normalized spacial score (nSPS) is 14.2. The van der Waals surface area contributed by atoms with Crippen molar-refractivity contribution in [2.75, 3.05) is 11.4 Å². The van der Waals surface area contributed by atoms with Gasteiger partial charge in [-0.1, -0.05) is 0 Å². The fourth-order valence-electron chi connectivity index (χ4n) is 2.62. The van der Waals surface area contributed by atoms with Crippen molar-refractivity contribution in [1.29, 1.82) is 0 Å². The first-order valence-corrected chi connectivity index (χ1v) is 6.75. The van der Waals surface area contributed by atoms with Crippen LogP contribution >= 0.6 is 0 Å². The Balaban J connectivity index is 1.98. The highest BCUT2D eigenvalue weighted by Gasteiger charge is 2.20. The largest absolute Gasteiger partial charge is 0.439 e. The molecule has 1 aliphatic rings. The highest BCUT2D eigenvalue weighted by molar-refractivity contribution is 5.93. The van der Waals surface area contributed by atoms with Crippen LogP contribution in [-0.2, 0) is 17.8 Å². The number of nitrogens with zero attached hydrogens (tertiary/aromatic N) is 2. The number of oxazole rings is 1. The highest BCUT2D eigenvalue weighted by Crippen LogP contribution is 2.31. The van der Waals surface area contributed by atoms with Crippen molar-refractivity contribution in [3.63, 3.8) is 0 Å². The number of benzene rings is 1. The lowest BCUT2D eigenvalue weighted by atomic mass is 9.98. The van der Waals surface area contributed by atoms with Crippen LogP contribution in [0.4, 0.5) is 5.69 Å². The van der Waals surface area contributed by atoms with E-state index in [2.05, 4.69) is 11.1 Å². The molecule has 1 aromatic carbocycles. The number of hydrogen-bond acceptors (Lipinski definition) is 4. The van der Waals surface area contributed by atoms with E-state index < -0.39 is 0 Å². The molecule has 0 unspecified atom stereocenters. The van der Waals surface area contributed by atoms with Gasteiger partial charge in [0.1, 0.15) is 0 Å². The van der Waals surface area contributed by atoms with Gasteiger partial charge in [0.25, 0.3) is 0 Å². The van der Waals surface area contributed by atoms with E-state index in [1.807, 2.05) is 17.0 Å². The van der Waals surface area contributed by atoms with E-state index >= 15 is 0 Å². The number of rotatable bonds is 2. The van der Waals surface area contributed by atoms with Crippen molar-refractivity contribution in [3.05, 3.63) is 35.9 Å². The molecule has 0 atom stereocenters. The van der Waals surface area contributed by atoms with E-state index in [4.69, 9.17) is 10.2 Å². The molecule has 0 radical (unpaired) electrons. The zero-order valence-corrected chi connectivity index (χ0v) is 11.4. The van der Waals surface area contributed by atoms with Crippen molar-refractivity contribution >= 4 is 11.6 Å². The first-order valence-electron chi connectivity index (χ1n) is 6.75. The summed E-state index contributed by atoms with van der Waals surface area (Å²) >= 11 is 0. The van der Waals surface area contributed by atoms with Crippen LogP contribution < -0.4 is 10.6 Å². The third-order valence-electron chi connectivity index (χ3n) is 3.59. The number of carbonyl (C=O) groups excluding carboxylic acids is 1. The highest BCUT2D eigenvalue weighted by atomic mass is 16.4. The molecule has 104 valence electrons. The summed E-state index contributed by atoms with van der Waals surface area (Å²) in [5.74, 6) is 1.33. The summed E-state index contributed by atoms with van der Waals surface area (Å²) in [6.07, 6.45) is 3.65. The second-order valence-corrected chi connectivity index (χ2v) is 4.94. The smallest absolute Gasteiger partial charge is 0.223 e. The van der Waals surface area contributed by atoms with E-state index in [0.717, 1.165) is 30.6 Å². The Labute approximate surface area is 117 Å². The Kier molecular flexibility index (Phi) is 3.28. The first kappa shape index (κ1) is 12.9. The van der Waals surface area contributed by atoms with Gasteiger partial charge in [-0.05, 0) is 36.6 Å². The van der Waals surface area contributed by atoms with Crippen LogP contribution in [0.25, 0.3) is 11.3 Å². The molecule has 0 saturated carbocycles. The van der Waals surface area contributed by atoms with Crippen molar-refractivity contribution in [2.24, 2.45) is 5.73 Å². The molecule has 3 rings (SSSR count). The number of hydrogen-bond donors (Lipinski definition) is 1. The lowest BCUT2D eigenvalue weighted by Gasteiger charge is -2.28. The number of aromatic nitrogens is 1. The van der Waals surface area contributed by atoms with Gasteiger partial charge in [0.05, 0.1) is 12.7 Å². The summed E-state index contributed by atoms with van der Waals surface area (Å²) in [7, 11) is 0. The van der Waals surface area contributed by atoms with Gasteiger partial charge in [-0.2, -0.15) is 0 Å². The molecule has 2 heterocycles. The van der Waals surface area contributed by atoms with Gasteiger partial charge in [-0.15, -0.1) is 0 Å². The molecule has 1 amide bonds. The zero-order chi connectivity index (χ0) is 14.1. The van der Waals surface area contributed by atoms with Crippen LogP contribution in [0.15, 0.2) is 28.8 Å². The standard InChI is InChI=1S/C15H17N3O2/c1-10(19)18-6-2-3-11-7-12(4-5-13(11)18)14-9-17-15(8-16)20-14/h4-5,7,9H,2-3,6,8,16H2,1H3. The Bertz CT molecular complexity index is 648. The Hall–Kier alpha value is -2.14. The Morgan fingerprint density at radius 2 is 2.35 bits per heavy atom. The van der Waals surface area contributed by atoms with Crippen LogP contribution in [0.1, 0.15) is 24.8 Å². The molecule has 1 aromatic heterocycles. The summed E-state index contributed by atoms with van der Waals surface area (Å²) in [5, 5.41) is 0. The Morgan fingerprint density at radius 3 is 3.05 bits per heavy atom. The SMILES string of the molecule is CC(=O)N1CCCc2cc(-c3cnc(CN)o3)ccc21. The number of carbonyl (C=O) groups is 1. The molecule has 0 spiro atoms. The predicted molar refractivity (Wildman–Crippen MR) is 76.2 cm³/mol. The maximum absolute atomic E-state index is 11.6. The number of anilines is 1. The average molecular weight is 271 g/mol. The molecule has 5 heteroatoms. The van der Waals surface area contributed by atoms with Gasteiger partial charge < -0.3 is 15.1 Å². The Morgan fingerprint density at radius 1 is 1.50 bits per heavy atom. The fourth-order valence-corrected chi connectivity index (χ4v) is 2.62. The van der Waals surface area contributed by atoms with Gasteiger partial charge >= 0.3 is 0 Å².